The normalized spacial score (nSPS) is 24.3. The van der Waals surface area contributed by atoms with E-state index in [1.807, 2.05) is 0 Å². The molecule has 1 saturated heterocycles. The van der Waals surface area contributed by atoms with Crippen LogP contribution < -0.4 is 0 Å². The van der Waals surface area contributed by atoms with Gasteiger partial charge in [0.25, 0.3) is 0 Å². The van der Waals surface area contributed by atoms with Crippen molar-refractivity contribution < 1.29 is 0 Å². The zero-order valence-electron chi connectivity index (χ0n) is 8.28. The lowest BCUT2D eigenvalue weighted by atomic mass is 10.1. The summed E-state index contributed by atoms with van der Waals surface area (Å²) < 4.78 is 0. The van der Waals surface area contributed by atoms with Gasteiger partial charge in [0, 0.05) is 0 Å². The molecule has 1 heteroatoms. The van der Waals surface area contributed by atoms with Crippen molar-refractivity contribution in [2.75, 3.05) is 19.6 Å². The minimum atomic E-state index is 0.724. The van der Waals surface area contributed by atoms with Crippen LogP contribution >= 0.6 is 0 Å². The van der Waals surface area contributed by atoms with E-state index in [1.54, 1.807) is 0 Å². The third-order valence-electron chi connectivity index (χ3n) is 3.06. The second-order valence-corrected chi connectivity index (χ2v) is 4.12. The molecule has 0 unspecified atom stereocenters. The number of rotatable bonds is 3. The van der Waals surface area contributed by atoms with Crippen molar-refractivity contribution in [3.8, 4) is 0 Å². The van der Waals surface area contributed by atoms with E-state index in [1.165, 1.54) is 45.3 Å². The maximum atomic E-state index is 2.61. The molecule has 0 N–H and O–H groups in total. The minimum Gasteiger partial charge on any atom is -0.303 e. The third-order valence-corrected chi connectivity index (χ3v) is 3.06. The van der Waals surface area contributed by atoms with Gasteiger partial charge in [0.15, 0.2) is 0 Å². The lowest BCUT2D eigenvalue weighted by molar-refractivity contribution is 0.222. The first-order valence-electron chi connectivity index (χ1n) is 5.52. The molecule has 2 aliphatic rings. The zero-order valence-corrected chi connectivity index (χ0v) is 8.28. The van der Waals surface area contributed by atoms with Gasteiger partial charge in [-0.15, -0.1) is 0 Å². The largest absolute Gasteiger partial charge is 0.303 e. The average molecular weight is 177 g/mol. The molecule has 1 nitrogen and oxygen atoms in total. The van der Waals surface area contributed by atoms with E-state index in [-0.39, 0.29) is 0 Å². The van der Waals surface area contributed by atoms with Crippen LogP contribution in [0.5, 0.6) is 0 Å². The van der Waals surface area contributed by atoms with Crippen LogP contribution in [0.25, 0.3) is 0 Å². The Bertz CT molecular complexity index is 187. The highest BCUT2D eigenvalue weighted by Crippen LogP contribution is 2.15. The van der Waals surface area contributed by atoms with Crippen molar-refractivity contribution in [1.29, 1.82) is 0 Å². The van der Waals surface area contributed by atoms with Gasteiger partial charge in [0.1, 0.15) is 0 Å². The number of piperidine rings is 1. The molecular weight excluding hydrogens is 158 g/mol. The Hall–Kier alpha value is -0.560. The number of likely N-dealkylation sites (tertiary alicyclic amines) is 1. The quantitative estimate of drug-likeness (QED) is 0.640. The molecule has 0 spiro atoms. The van der Waals surface area contributed by atoms with Crippen LogP contribution in [0.3, 0.4) is 0 Å². The summed E-state index contributed by atoms with van der Waals surface area (Å²) in [4.78, 5) is 2.61. The number of nitrogens with zero attached hydrogens (tertiary/aromatic N) is 1. The van der Waals surface area contributed by atoms with Crippen molar-refractivity contribution in [3.05, 3.63) is 24.3 Å². The lowest BCUT2D eigenvalue weighted by Crippen LogP contribution is -2.31. The molecule has 0 aromatic rings. The van der Waals surface area contributed by atoms with Crippen molar-refractivity contribution in [2.24, 2.45) is 5.92 Å². The van der Waals surface area contributed by atoms with Gasteiger partial charge < -0.3 is 4.90 Å². The molecule has 13 heavy (non-hydrogen) atoms. The predicted molar refractivity (Wildman–Crippen MR) is 56.7 cm³/mol. The van der Waals surface area contributed by atoms with Gasteiger partial charge in [0.05, 0.1) is 0 Å². The van der Waals surface area contributed by atoms with Gasteiger partial charge in [-0.05, 0) is 44.8 Å². The summed E-state index contributed by atoms with van der Waals surface area (Å²) in [6, 6.07) is 0. The van der Waals surface area contributed by atoms with Crippen LogP contribution in [-0.4, -0.2) is 24.5 Å². The Kier molecular flexibility index (Phi) is 3.20. The Balaban J connectivity index is 1.66. The van der Waals surface area contributed by atoms with Crippen LogP contribution in [0.2, 0.25) is 0 Å². The molecule has 0 radical (unpaired) electrons. The second kappa shape index (κ2) is 4.61. The van der Waals surface area contributed by atoms with Crippen LogP contribution in [0, 0.1) is 5.92 Å². The molecule has 1 aliphatic heterocycles. The van der Waals surface area contributed by atoms with E-state index in [4.69, 9.17) is 0 Å². The zero-order chi connectivity index (χ0) is 8.93. The lowest BCUT2D eigenvalue weighted by Gasteiger charge is -2.26. The van der Waals surface area contributed by atoms with Gasteiger partial charge in [0.2, 0.25) is 0 Å². The van der Waals surface area contributed by atoms with Crippen LogP contribution in [0.4, 0.5) is 0 Å². The molecule has 0 atom stereocenters. The van der Waals surface area contributed by atoms with Crippen LogP contribution in [-0.2, 0) is 0 Å². The third kappa shape index (κ3) is 2.70. The van der Waals surface area contributed by atoms with Gasteiger partial charge in [-0.2, -0.15) is 0 Å². The topological polar surface area (TPSA) is 3.24 Å². The van der Waals surface area contributed by atoms with Gasteiger partial charge in [-0.25, -0.2) is 0 Å². The van der Waals surface area contributed by atoms with E-state index < -0.39 is 0 Å². The van der Waals surface area contributed by atoms with Gasteiger partial charge in [-0.1, -0.05) is 30.7 Å². The van der Waals surface area contributed by atoms with Crippen molar-refractivity contribution >= 4 is 0 Å². The van der Waals surface area contributed by atoms with Gasteiger partial charge in [-0.3, -0.25) is 0 Å². The molecule has 0 aromatic heterocycles. The maximum absolute atomic E-state index is 2.61. The van der Waals surface area contributed by atoms with E-state index in [0.717, 1.165) is 5.92 Å². The standard InChI is InChI=1S/C12H19N/c1-4-9-13(10-5-1)11-8-12-6-2-3-7-12/h2-3,6-7,12H,1,4-5,8-11H2. The molecule has 0 amide bonds. The maximum Gasteiger partial charge on any atom is -0.00101 e. The summed E-state index contributed by atoms with van der Waals surface area (Å²) in [5, 5.41) is 0. The van der Waals surface area contributed by atoms with Crippen molar-refractivity contribution in [3.63, 3.8) is 0 Å². The molecule has 72 valence electrons. The fourth-order valence-electron chi connectivity index (χ4n) is 2.18. The second-order valence-electron chi connectivity index (χ2n) is 4.12. The Morgan fingerprint density at radius 1 is 1.00 bits per heavy atom. The van der Waals surface area contributed by atoms with Crippen molar-refractivity contribution in [2.45, 2.75) is 25.7 Å². The number of hydrogen-bond donors (Lipinski definition) is 0. The first-order valence-corrected chi connectivity index (χ1v) is 5.52. The minimum absolute atomic E-state index is 0.724. The first-order chi connectivity index (χ1) is 6.45. The molecular formula is C12H19N. The molecule has 0 aromatic carbocycles. The molecule has 0 saturated carbocycles. The summed E-state index contributed by atoms with van der Waals surface area (Å²) >= 11 is 0. The molecule has 0 bridgehead atoms. The molecule has 2 rings (SSSR count). The Morgan fingerprint density at radius 3 is 2.38 bits per heavy atom. The SMILES string of the molecule is C1=CC(CCN2CCCCC2)C=C1. The summed E-state index contributed by atoms with van der Waals surface area (Å²) in [6.07, 6.45) is 14.5. The highest BCUT2D eigenvalue weighted by molar-refractivity contribution is 5.17. The molecule has 1 heterocycles. The average Bonchev–Trinajstić information content (AvgIpc) is 2.69. The summed E-state index contributed by atoms with van der Waals surface area (Å²) in [6.45, 7) is 3.96. The molecule has 1 aliphatic carbocycles. The number of allylic oxidation sites excluding steroid dienone is 4. The molecule has 1 fully saturated rings. The van der Waals surface area contributed by atoms with E-state index in [9.17, 15) is 0 Å². The summed E-state index contributed by atoms with van der Waals surface area (Å²) in [7, 11) is 0. The smallest absolute Gasteiger partial charge is 0.00101 e. The fourth-order valence-corrected chi connectivity index (χ4v) is 2.18. The van der Waals surface area contributed by atoms with Crippen LogP contribution in [0.1, 0.15) is 25.7 Å². The summed E-state index contributed by atoms with van der Waals surface area (Å²) in [5.74, 6) is 0.724. The first kappa shape index (κ1) is 9.01. The Morgan fingerprint density at radius 2 is 1.69 bits per heavy atom. The highest BCUT2D eigenvalue weighted by atomic mass is 15.1. The monoisotopic (exact) mass is 177 g/mol. The van der Waals surface area contributed by atoms with Crippen molar-refractivity contribution in [1.82, 2.24) is 4.90 Å². The van der Waals surface area contributed by atoms with Crippen LogP contribution in [0.15, 0.2) is 24.3 Å². The van der Waals surface area contributed by atoms with E-state index in [2.05, 4.69) is 29.2 Å². The van der Waals surface area contributed by atoms with Gasteiger partial charge >= 0.3 is 0 Å². The highest BCUT2D eigenvalue weighted by Gasteiger charge is 2.11. The van der Waals surface area contributed by atoms with E-state index in [0.29, 0.717) is 0 Å². The fraction of sp³-hybridized carbons (Fsp3) is 0.667. The van der Waals surface area contributed by atoms with E-state index >= 15 is 0 Å². The Labute approximate surface area is 81.1 Å². The number of hydrogen-bond acceptors (Lipinski definition) is 1. The summed E-state index contributed by atoms with van der Waals surface area (Å²) in [5.41, 5.74) is 0. The predicted octanol–water partition coefficient (Wildman–Crippen LogP) is 2.60.